The second-order valence-corrected chi connectivity index (χ2v) is 35.1. The van der Waals surface area contributed by atoms with Crippen LogP contribution in [0.4, 0.5) is 5.69 Å². The maximum atomic E-state index is 7.32. The van der Waals surface area contributed by atoms with Crippen molar-refractivity contribution >= 4 is 91.3 Å². The van der Waals surface area contributed by atoms with Crippen LogP contribution < -0.4 is 20.0 Å². The van der Waals surface area contributed by atoms with Crippen molar-refractivity contribution in [3.05, 3.63) is 271 Å². The maximum absolute atomic E-state index is 7.32. The summed E-state index contributed by atoms with van der Waals surface area (Å²) in [7, 11) is 1.36. The predicted molar refractivity (Wildman–Crippen MR) is 385 cm³/mol. The van der Waals surface area contributed by atoms with E-state index in [4.69, 9.17) is 9.16 Å². The van der Waals surface area contributed by atoms with E-state index in [1.807, 2.05) is 41.1 Å². The lowest BCUT2D eigenvalue weighted by Gasteiger charge is -2.43. The Morgan fingerprint density at radius 2 is 0.864 bits per heavy atom. The molecular weight excluding hydrogens is 1160 g/mol. The first-order valence-electron chi connectivity index (χ1n) is 31.5. The van der Waals surface area contributed by atoms with E-state index < -0.39 is 19.1 Å². The van der Waals surface area contributed by atoms with E-state index in [0.29, 0.717) is 30.3 Å². The van der Waals surface area contributed by atoms with Gasteiger partial charge in [-0.05, 0) is 131 Å². The van der Waals surface area contributed by atoms with Gasteiger partial charge in [0.2, 0.25) is 0 Å². The van der Waals surface area contributed by atoms with Gasteiger partial charge in [0.05, 0.1) is 53.5 Å². The zero-order valence-electron chi connectivity index (χ0n) is 53.3. The Balaban J connectivity index is 0.934. The molecule has 446 valence electrons. The van der Waals surface area contributed by atoms with E-state index in [9.17, 15) is 0 Å². The molecule has 13 rings (SSSR count). The van der Waals surface area contributed by atoms with E-state index in [0.717, 1.165) is 11.6 Å². The Bertz CT molecular complexity index is 4160. The Hall–Kier alpha value is -6.88. The first-order chi connectivity index (χ1) is 42.4. The molecule has 7 aromatic carbocycles. The molecule has 2 aliphatic carbocycles. The van der Waals surface area contributed by atoms with Crippen molar-refractivity contribution in [2.75, 3.05) is 32.2 Å². The summed E-state index contributed by atoms with van der Waals surface area (Å²) in [6.07, 6.45) is 4.67. The summed E-state index contributed by atoms with van der Waals surface area (Å²) in [6, 6.07) is 74.6. The number of benzene rings is 7. The lowest BCUT2D eigenvalue weighted by Crippen LogP contribution is -2.67. The minimum Gasteiger partial charge on any atom is -0.487 e. The SMILES string of the molecule is COc1cc2c(s1)-c1sc3c4c(sc3c1C2(c1ccc(C(C)C)cc1)c1ccc(C(C)C)cc1)-c1sc(/C=C/c2ccc(N(C)CCO[Si](c3ccccc3)(c3ccccc3)C(C)(C)C)cc2)cc1C4(c1ccc(C(C)C)cc1)c1ccc(C(C)C)cc1. The summed E-state index contributed by atoms with van der Waals surface area (Å²) >= 11 is 7.81. The fourth-order valence-corrected chi connectivity index (χ4v) is 24.4. The van der Waals surface area contributed by atoms with Crippen LogP contribution in [-0.4, -0.2) is 35.6 Å². The Morgan fingerprint density at radius 1 is 0.466 bits per heavy atom. The molecule has 4 heterocycles. The first-order valence-corrected chi connectivity index (χ1v) is 36.7. The molecule has 0 radical (unpaired) electrons. The zero-order valence-corrected chi connectivity index (χ0v) is 57.5. The van der Waals surface area contributed by atoms with E-state index in [1.165, 1.54) is 122 Å². The monoisotopic (exact) mass is 1240 g/mol. The van der Waals surface area contributed by atoms with Gasteiger partial charge in [0.15, 0.2) is 5.06 Å². The van der Waals surface area contributed by atoms with Gasteiger partial charge in [-0.15, -0.1) is 34.0 Å². The second-order valence-electron chi connectivity index (χ2n) is 26.6. The number of thiophene rings is 4. The molecule has 2 aliphatic rings. The second kappa shape index (κ2) is 23.5. The molecule has 0 spiro atoms. The van der Waals surface area contributed by atoms with Crippen molar-refractivity contribution in [2.24, 2.45) is 0 Å². The lowest BCUT2D eigenvalue weighted by molar-refractivity contribution is 0.306. The number of methoxy groups -OCH3 is 1. The largest absolute Gasteiger partial charge is 0.487 e. The van der Waals surface area contributed by atoms with Gasteiger partial charge in [0, 0.05) is 35.3 Å². The lowest BCUT2D eigenvalue weighted by atomic mass is 9.67. The summed E-state index contributed by atoms with van der Waals surface area (Å²) in [5.41, 5.74) is 17.3. The van der Waals surface area contributed by atoms with Crippen LogP contribution in [-0.2, 0) is 15.3 Å². The number of rotatable bonds is 18. The molecule has 4 aromatic heterocycles. The molecule has 0 unspecified atom stereocenters. The van der Waals surface area contributed by atoms with E-state index in [1.54, 1.807) is 11.3 Å². The van der Waals surface area contributed by atoms with Crippen molar-refractivity contribution < 1.29 is 9.16 Å². The summed E-state index contributed by atoms with van der Waals surface area (Å²) in [4.78, 5) is 9.04. The topological polar surface area (TPSA) is 21.7 Å². The molecule has 11 aromatic rings. The fraction of sp³-hybridized carbons (Fsp3) is 0.275. The molecule has 3 nitrogen and oxygen atoms in total. The van der Waals surface area contributed by atoms with Gasteiger partial charge < -0.3 is 14.1 Å². The van der Waals surface area contributed by atoms with Crippen LogP contribution in [0.25, 0.3) is 41.1 Å². The average Bonchev–Trinajstić information content (AvgIpc) is 1.49. The van der Waals surface area contributed by atoms with E-state index in [2.05, 4.69) is 294 Å². The van der Waals surface area contributed by atoms with Crippen molar-refractivity contribution in [1.82, 2.24) is 0 Å². The molecule has 88 heavy (non-hydrogen) atoms. The third-order valence-electron chi connectivity index (χ3n) is 19.1. The number of fused-ring (bicyclic) bond motifs is 9. The summed E-state index contributed by atoms with van der Waals surface area (Å²) in [5.74, 6) is 1.66. The van der Waals surface area contributed by atoms with Crippen LogP contribution in [0.3, 0.4) is 0 Å². The highest BCUT2D eigenvalue weighted by Crippen LogP contribution is 2.70. The number of hydrogen-bond donors (Lipinski definition) is 0. The zero-order chi connectivity index (χ0) is 61.4. The van der Waals surface area contributed by atoms with Crippen LogP contribution >= 0.6 is 45.3 Å². The smallest absolute Gasteiger partial charge is 0.261 e. The third-order valence-corrected chi connectivity index (χ3v) is 29.2. The highest BCUT2D eigenvalue weighted by molar-refractivity contribution is 7.34. The molecule has 0 saturated heterocycles. The summed E-state index contributed by atoms with van der Waals surface area (Å²) in [6.45, 7) is 26.9. The Morgan fingerprint density at radius 3 is 1.25 bits per heavy atom. The third kappa shape index (κ3) is 9.79. The van der Waals surface area contributed by atoms with Crippen LogP contribution in [0.5, 0.6) is 5.06 Å². The molecule has 8 heteroatoms. The predicted octanol–water partition coefficient (Wildman–Crippen LogP) is 21.5. The highest BCUT2D eigenvalue weighted by atomic mass is 32.1. The molecule has 0 fully saturated rings. The number of anilines is 1. The molecule has 0 bridgehead atoms. The van der Waals surface area contributed by atoms with E-state index in [-0.39, 0.29) is 5.04 Å². The average molecular weight is 1240 g/mol. The summed E-state index contributed by atoms with van der Waals surface area (Å²) < 4.78 is 16.3. The minimum absolute atomic E-state index is 0.0772. The van der Waals surface area contributed by atoms with Gasteiger partial charge in [-0.3, -0.25) is 0 Å². The Labute approximate surface area is 540 Å². The van der Waals surface area contributed by atoms with E-state index >= 15 is 0 Å². The van der Waals surface area contributed by atoms with Gasteiger partial charge in [-0.1, -0.05) is 263 Å². The first kappa shape index (κ1) is 60.0. The van der Waals surface area contributed by atoms with Gasteiger partial charge in [0.1, 0.15) is 0 Å². The molecule has 0 N–H and O–H groups in total. The maximum Gasteiger partial charge on any atom is 0.261 e. The fourth-order valence-electron chi connectivity index (χ4n) is 14.3. The summed E-state index contributed by atoms with van der Waals surface area (Å²) in [5, 5.41) is 3.48. The van der Waals surface area contributed by atoms with Crippen LogP contribution in [0.1, 0.15) is 177 Å². The number of ether oxygens (including phenoxy) is 1. The van der Waals surface area contributed by atoms with Crippen molar-refractivity contribution in [1.29, 1.82) is 0 Å². The van der Waals surface area contributed by atoms with Gasteiger partial charge >= 0.3 is 0 Å². The molecule has 0 aliphatic heterocycles. The van der Waals surface area contributed by atoms with Crippen LogP contribution in [0.2, 0.25) is 5.04 Å². The molecular formula is C80H81NO2S4Si. The Kier molecular flexibility index (Phi) is 16.0. The van der Waals surface area contributed by atoms with Gasteiger partial charge in [-0.2, -0.15) is 0 Å². The number of hydrogen-bond acceptors (Lipinski definition) is 7. The minimum atomic E-state index is -2.65. The molecule has 0 saturated carbocycles. The van der Waals surface area contributed by atoms with Crippen molar-refractivity contribution in [3.8, 4) is 24.6 Å². The quantitative estimate of drug-likeness (QED) is 0.0799. The number of nitrogens with zero attached hydrogens (tertiary/aromatic N) is 1. The highest BCUT2D eigenvalue weighted by Gasteiger charge is 2.56. The van der Waals surface area contributed by atoms with Crippen molar-refractivity contribution in [2.45, 2.75) is 116 Å². The van der Waals surface area contributed by atoms with Gasteiger partial charge in [0.25, 0.3) is 8.32 Å². The normalized spacial score (nSPS) is 14.2. The standard InChI is InChI=1S/C80H81NO2S4Si/c1-50(2)55-27-35-59(36-28-55)79(60-37-29-56(30-38-60)51(3)4)67-48-64(45-26-54-24-43-63(44-25-54)81(12)46-47-83-88(78(9,10)11,65-20-16-14-17-21-65)66-22-18-15-19-23-66)84-72(67)74-70(79)76-77(86-74)71-75(87-76)73-68(49-69(82-13)85-73)80(71,61-39-31-57(32-40-61)52(5)6)62-41-33-58(34-42-62)53(7)8/h14-45,48-53H,46-47H2,1-13H3/b45-26+. The van der Waals surface area contributed by atoms with Crippen LogP contribution in [0.15, 0.2) is 194 Å². The van der Waals surface area contributed by atoms with Crippen LogP contribution in [0, 0.1) is 0 Å². The number of likely N-dealkylation sites (N-methyl/N-ethyl adjacent to an activating group) is 1. The van der Waals surface area contributed by atoms with Gasteiger partial charge in [-0.25, -0.2) is 0 Å². The molecule has 0 atom stereocenters. The molecule has 0 amide bonds. The van der Waals surface area contributed by atoms with Crippen molar-refractivity contribution in [3.63, 3.8) is 0 Å².